The van der Waals surface area contributed by atoms with E-state index in [4.69, 9.17) is 0 Å². The SMILES string of the molecule is CNCC1CCCN(C(=O)c2ccncc2)C1.Cl.Cl. The third-order valence-electron chi connectivity index (χ3n) is 3.23. The van der Waals surface area contributed by atoms with E-state index in [2.05, 4.69) is 10.3 Å². The van der Waals surface area contributed by atoms with Gasteiger partial charge in [0.05, 0.1) is 0 Å². The van der Waals surface area contributed by atoms with Crippen molar-refractivity contribution in [1.82, 2.24) is 15.2 Å². The van der Waals surface area contributed by atoms with E-state index in [1.165, 1.54) is 6.42 Å². The van der Waals surface area contributed by atoms with Crippen molar-refractivity contribution >= 4 is 30.7 Å². The Morgan fingerprint density at radius 1 is 1.42 bits per heavy atom. The van der Waals surface area contributed by atoms with Crippen LogP contribution in [0.3, 0.4) is 0 Å². The van der Waals surface area contributed by atoms with Gasteiger partial charge in [0.15, 0.2) is 0 Å². The van der Waals surface area contributed by atoms with Crippen LogP contribution in [0.15, 0.2) is 24.5 Å². The molecule has 1 aromatic rings. The molecule has 1 atom stereocenters. The van der Waals surface area contributed by atoms with Gasteiger partial charge >= 0.3 is 0 Å². The first-order chi connectivity index (χ1) is 8.31. The highest BCUT2D eigenvalue weighted by molar-refractivity contribution is 5.94. The second-order valence-corrected chi connectivity index (χ2v) is 4.55. The predicted molar refractivity (Wildman–Crippen MR) is 81.3 cm³/mol. The first-order valence-electron chi connectivity index (χ1n) is 6.15. The molecule has 1 unspecified atom stereocenters. The van der Waals surface area contributed by atoms with Crippen molar-refractivity contribution in [1.29, 1.82) is 0 Å². The zero-order valence-electron chi connectivity index (χ0n) is 11.0. The molecule has 0 spiro atoms. The topological polar surface area (TPSA) is 45.2 Å². The van der Waals surface area contributed by atoms with E-state index in [0.717, 1.165) is 31.6 Å². The lowest BCUT2D eigenvalue weighted by Gasteiger charge is -2.32. The van der Waals surface area contributed by atoms with E-state index in [0.29, 0.717) is 5.92 Å². The van der Waals surface area contributed by atoms with E-state index in [-0.39, 0.29) is 30.7 Å². The lowest BCUT2D eigenvalue weighted by atomic mass is 9.97. The molecule has 19 heavy (non-hydrogen) atoms. The third-order valence-corrected chi connectivity index (χ3v) is 3.23. The molecule has 0 bridgehead atoms. The van der Waals surface area contributed by atoms with Crippen LogP contribution in [0.5, 0.6) is 0 Å². The number of rotatable bonds is 3. The van der Waals surface area contributed by atoms with Gasteiger partial charge in [-0.25, -0.2) is 0 Å². The van der Waals surface area contributed by atoms with Gasteiger partial charge in [-0.1, -0.05) is 0 Å². The van der Waals surface area contributed by atoms with E-state index in [9.17, 15) is 4.79 Å². The molecule has 0 radical (unpaired) electrons. The Labute approximate surface area is 126 Å². The van der Waals surface area contributed by atoms with Crippen LogP contribution in [0.4, 0.5) is 0 Å². The average molecular weight is 306 g/mol. The zero-order valence-corrected chi connectivity index (χ0v) is 12.7. The molecule has 1 aliphatic rings. The molecule has 4 nitrogen and oxygen atoms in total. The number of amides is 1. The number of hydrogen-bond acceptors (Lipinski definition) is 3. The van der Waals surface area contributed by atoms with Crippen molar-refractivity contribution in [2.45, 2.75) is 12.8 Å². The van der Waals surface area contributed by atoms with Crippen molar-refractivity contribution in [2.24, 2.45) is 5.92 Å². The molecule has 0 saturated carbocycles. The molecule has 1 amide bonds. The first-order valence-corrected chi connectivity index (χ1v) is 6.15. The normalized spacial score (nSPS) is 18.2. The first kappa shape index (κ1) is 18.2. The molecule has 0 aliphatic carbocycles. The van der Waals surface area contributed by atoms with E-state index < -0.39 is 0 Å². The van der Waals surface area contributed by atoms with Gasteiger partial charge in [-0.05, 0) is 44.5 Å². The second kappa shape index (κ2) is 9.13. The maximum atomic E-state index is 12.2. The predicted octanol–water partition coefficient (Wildman–Crippen LogP) is 2.00. The summed E-state index contributed by atoms with van der Waals surface area (Å²) in [6, 6.07) is 3.56. The van der Waals surface area contributed by atoms with Gasteiger partial charge in [-0.15, -0.1) is 24.8 Å². The summed E-state index contributed by atoms with van der Waals surface area (Å²) >= 11 is 0. The van der Waals surface area contributed by atoms with Crippen LogP contribution in [0.2, 0.25) is 0 Å². The van der Waals surface area contributed by atoms with Crippen molar-refractivity contribution in [3.63, 3.8) is 0 Å². The number of likely N-dealkylation sites (tertiary alicyclic amines) is 1. The van der Waals surface area contributed by atoms with E-state index in [1.807, 2.05) is 11.9 Å². The van der Waals surface area contributed by atoms with E-state index >= 15 is 0 Å². The summed E-state index contributed by atoms with van der Waals surface area (Å²) < 4.78 is 0. The van der Waals surface area contributed by atoms with Gasteiger partial charge in [0.25, 0.3) is 5.91 Å². The van der Waals surface area contributed by atoms with Gasteiger partial charge in [0, 0.05) is 31.0 Å². The third kappa shape index (κ3) is 4.97. The highest BCUT2D eigenvalue weighted by Crippen LogP contribution is 2.17. The summed E-state index contributed by atoms with van der Waals surface area (Å²) in [5.41, 5.74) is 0.741. The van der Waals surface area contributed by atoms with Gasteiger partial charge in [-0.2, -0.15) is 0 Å². The molecular formula is C13H21Cl2N3O. The monoisotopic (exact) mass is 305 g/mol. The fourth-order valence-corrected chi connectivity index (χ4v) is 2.38. The average Bonchev–Trinajstić information content (AvgIpc) is 2.40. The Morgan fingerprint density at radius 2 is 2.11 bits per heavy atom. The van der Waals surface area contributed by atoms with Crippen LogP contribution in [-0.4, -0.2) is 42.5 Å². The zero-order chi connectivity index (χ0) is 12.1. The minimum absolute atomic E-state index is 0. The Kier molecular flexibility index (Phi) is 8.72. The number of carbonyl (C=O) groups is 1. The number of carbonyl (C=O) groups excluding carboxylic acids is 1. The largest absolute Gasteiger partial charge is 0.338 e. The van der Waals surface area contributed by atoms with Crippen LogP contribution in [0.25, 0.3) is 0 Å². The Hall–Kier alpha value is -0.840. The summed E-state index contributed by atoms with van der Waals surface area (Å²) in [6.07, 6.45) is 5.65. The molecule has 0 aromatic carbocycles. The Balaban J connectivity index is 0.00000162. The highest BCUT2D eigenvalue weighted by atomic mass is 35.5. The minimum Gasteiger partial charge on any atom is -0.338 e. The van der Waals surface area contributed by atoms with Crippen molar-refractivity contribution in [2.75, 3.05) is 26.7 Å². The number of piperidine rings is 1. The molecular weight excluding hydrogens is 285 g/mol. The number of halogens is 2. The summed E-state index contributed by atoms with van der Waals surface area (Å²) in [4.78, 5) is 18.1. The van der Waals surface area contributed by atoms with Crippen LogP contribution in [-0.2, 0) is 0 Å². The fraction of sp³-hybridized carbons (Fsp3) is 0.538. The Morgan fingerprint density at radius 3 is 2.74 bits per heavy atom. The Bertz CT molecular complexity index is 373. The molecule has 1 fully saturated rings. The second-order valence-electron chi connectivity index (χ2n) is 4.55. The van der Waals surface area contributed by atoms with Gasteiger partial charge in [-0.3, -0.25) is 9.78 Å². The molecule has 1 saturated heterocycles. The maximum Gasteiger partial charge on any atom is 0.253 e. The number of aromatic nitrogens is 1. The van der Waals surface area contributed by atoms with Crippen LogP contribution in [0.1, 0.15) is 23.2 Å². The smallest absolute Gasteiger partial charge is 0.253 e. The lowest BCUT2D eigenvalue weighted by molar-refractivity contribution is 0.0674. The molecule has 1 aliphatic heterocycles. The highest BCUT2D eigenvalue weighted by Gasteiger charge is 2.23. The summed E-state index contributed by atoms with van der Waals surface area (Å²) in [6.45, 7) is 2.73. The minimum atomic E-state index is 0. The number of nitrogens with one attached hydrogen (secondary N) is 1. The summed E-state index contributed by atoms with van der Waals surface area (Å²) in [5.74, 6) is 0.716. The molecule has 2 heterocycles. The van der Waals surface area contributed by atoms with Gasteiger partial charge in [0.1, 0.15) is 0 Å². The molecule has 1 N–H and O–H groups in total. The number of pyridine rings is 1. The van der Waals surface area contributed by atoms with Crippen molar-refractivity contribution in [3.05, 3.63) is 30.1 Å². The van der Waals surface area contributed by atoms with Crippen LogP contribution >= 0.6 is 24.8 Å². The van der Waals surface area contributed by atoms with Crippen LogP contribution < -0.4 is 5.32 Å². The van der Waals surface area contributed by atoms with Crippen molar-refractivity contribution in [3.8, 4) is 0 Å². The standard InChI is InChI=1S/C13H19N3O.2ClH/c1-14-9-11-3-2-8-16(10-11)13(17)12-4-6-15-7-5-12;;/h4-7,11,14H,2-3,8-10H2,1H3;2*1H. The van der Waals surface area contributed by atoms with Gasteiger partial charge < -0.3 is 10.2 Å². The number of nitrogens with zero attached hydrogens (tertiary/aromatic N) is 2. The molecule has 1 aromatic heterocycles. The fourth-order valence-electron chi connectivity index (χ4n) is 2.38. The van der Waals surface area contributed by atoms with E-state index in [1.54, 1.807) is 24.5 Å². The summed E-state index contributed by atoms with van der Waals surface area (Å²) in [7, 11) is 1.96. The molecule has 108 valence electrons. The number of hydrogen-bond donors (Lipinski definition) is 1. The van der Waals surface area contributed by atoms with Crippen molar-refractivity contribution < 1.29 is 4.79 Å². The maximum absolute atomic E-state index is 12.2. The van der Waals surface area contributed by atoms with Gasteiger partial charge in [0.2, 0.25) is 0 Å². The molecule has 2 rings (SSSR count). The molecule has 6 heteroatoms. The van der Waals surface area contributed by atoms with Crippen LogP contribution in [0, 0.1) is 5.92 Å². The quantitative estimate of drug-likeness (QED) is 0.929. The summed E-state index contributed by atoms with van der Waals surface area (Å²) in [5, 5.41) is 3.19. The lowest BCUT2D eigenvalue weighted by Crippen LogP contribution is -2.42.